The normalized spacial score (nSPS) is 9.24. The molecule has 1 rings (SSSR count). The van der Waals surface area contributed by atoms with Crippen molar-refractivity contribution in [2.24, 2.45) is 0 Å². The van der Waals surface area contributed by atoms with Crippen LogP contribution in [0.2, 0.25) is 0 Å². The second-order valence-electron chi connectivity index (χ2n) is 3.00. The molecule has 0 aliphatic rings. The van der Waals surface area contributed by atoms with Gasteiger partial charge in [0.25, 0.3) is 5.69 Å². The SMILES string of the molecule is O=C(O)c1cccc([N+](=O)[O-])c1C#CCCBr. The monoisotopic (exact) mass is 297 g/mol. The fourth-order valence-electron chi connectivity index (χ4n) is 1.20. The maximum Gasteiger partial charge on any atom is 0.337 e. The highest BCUT2D eigenvalue weighted by Crippen LogP contribution is 2.21. The molecule has 0 radical (unpaired) electrons. The minimum Gasteiger partial charge on any atom is -0.478 e. The molecule has 17 heavy (non-hydrogen) atoms. The molecule has 0 unspecified atom stereocenters. The van der Waals surface area contributed by atoms with Gasteiger partial charge in [0, 0.05) is 17.8 Å². The molecule has 1 aromatic carbocycles. The molecule has 1 aromatic rings. The van der Waals surface area contributed by atoms with Gasteiger partial charge in [0.1, 0.15) is 5.56 Å². The average molecular weight is 298 g/mol. The Balaban J connectivity index is 3.35. The molecule has 1 N–H and O–H groups in total. The Labute approximate surface area is 106 Å². The van der Waals surface area contributed by atoms with Crippen LogP contribution >= 0.6 is 15.9 Å². The summed E-state index contributed by atoms with van der Waals surface area (Å²) in [5.41, 5.74) is -0.487. The van der Waals surface area contributed by atoms with E-state index in [1.807, 2.05) is 0 Å². The molecule has 0 fully saturated rings. The van der Waals surface area contributed by atoms with E-state index in [9.17, 15) is 14.9 Å². The first-order chi connectivity index (χ1) is 8.07. The minimum absolute atomic E-state index is 0.0500. The number of nitrogens with zero attached hydrogens (tertiary/aromatic N) is 1. The van der Waals surface area contributed by atoms with Crippen molar-refractivity contribution in [2.45, 2.75) is 6.42 Å². The van der Waals surface area contributed by atoms with Crippen LogP contribution in [0, 0.1) is 22.0 Å². The Morgan fingerprint density at radius 3 is 2.76 bits per heavy atom. The van der Waals surface area contributed by atoms with Gasteiger partial charge in [0.15, 0.2) is 0 Å². The van der Waals surface area contributed by atoms with Crippen molar-refractivity contribution in [3.8, 4) is 11.8 Å². The van der Waals surface area contributed by atoms with Crippen molar-refractivity contribution in [3.05, 3.63) is 39.4 Å². The highest BCUT2D eigenvalue weighted by molar-refractivity contribution is 9.09. The molecule has 0 spiro atoms. The number of nitro groups is 1. The summed E-state index contributed by atoms with van der Waals surface area (Å²) >= 11 is 3.17. The lowest BCUT2D eigenvalue weighted by atomic mass is 10.1. The van der Waals surface area contributed by atoms with Gasteiger partial charge < -0.3 is 5.11 Å². The predicted molar refractivity (Wildman–Crippen MR) is 65.3 cm³/mol. The van der Waals surface area contributed by atoms with E-state index in [0.29, 0.717) is 11.8 Å². The number of carboxylic acids is 1. The van der Waals surface area contributed by atoms with Crippen LogP contribution in [0.1, 0.15) is 22.3 Å². The van der Waals surface area contributed by atoms with Crippen molar-refractivity contribution >= 4 is 27.6 Å². The zero-order valence-electron chi connectivity index (χ0n) is 8.64. The molecule has 0 aliphatic heterocycles. The van der Waals surface area contributed by atoms with E-state index in [4.69, 9.17) is 5.11 Å². The summed E-state index contributed by atoms with van der Waals surface area (Å²) in [7, 11) is 0. The standard InChI is InChI=1S/C11H8BrNO4/c12-7-2-1-4-8-9(11(14)15)5-3-6-10(8)13(16)17/h3,5-6H,2,7H2,(H,14,15). The second kappa shape index (κ2) is 6.01. The molecule has 0 aliphatic carbocycles. The van der Waals surface area contributed by atoms with Gasteiger partial charge in [0.2, 0.25) is 0 Å². The maximum atomic E-state index is 10.9. The Hall–Kier alpha value is -1.87. The van der Waals surface area contributed by atoms with Gasteiger partial charge in [-0.1, -0.05) is 33.8 Å². The predicted octanol–water partition coefficient (Wildman–Crippen LogP) is 2.43. The number of benzene rings is 1. The molecule has 0 aromatic heterocycles. The molecular weight excluding hydrogens is 290 g/mol. The van der Waals surface area contributed by atoms with Gasteiger partial charge in [-0.25, -0.2) is 4.79 Å². The molecule has 5 nitrogen and oxygen atoms in total. The molecule has 0 amide bonds. The maximum absolute atomic E-state index is 10.9. The van der Waals surface area contributed by atoms with Crippen molar-refractivity contribution in [1.29, 1.82) is 0 Å². The van der Waals surface area contributed by atoms with Gasteiger partial charge in [-0.15, -0.1) is 0 Å². The first kappa shape index (κ1) is 13.2. The highest BCUT2D eigenvalue weighted by Gasteiger charge is 2.19. The van der Waals surface area contributed by atoms with E-state index in [1.165, 1.54) is 18.2 Å². The zero-order chi connectivity index (χ0) is 12.8. The number of hydrogen-bond donors (Lipinski definition) is 1. The van der Waals surface area contributed by atoms with Crippen LogP contribution in [0.3, 0.4) is 0 Å². The number of carboxylic acid groups (broad SMARTS) is 1. The summed E-state index contributed by atoms with van der Waals surface area (Å²) in [5.74, 6) is 4.00. The lowest BCUT2D eigenvalue weighted by Crippen LogP contribution is -2.03. The number of carbonyl (C=O) groups is 1. The fraction of sp³-hybridized carbons (Fsp3) is 0.182. The van der Waals surface area contributed by atoms with E-state index in [0.717, 1.165) is 0 Å². The van der Waals surface area contributed by atoms with E-state index < -0.39 is 10.9 Å². The third kappa shape index (κ3) is 3.29. The smallest absolute Gasteiger partial charge is 0.337 e. The summed E-state index contributed by atoms with van der Waals surface area (Å²) in [6.45, 7) is 0. The van der Waals surface area contributed by atoms with Crippen LogP contribution in [-0.4, -0.2) is 21.3 Å². The largest absolute Gasteiger partial charge is 0.478 e. The molecule has 0 bridgehead atoms. The van der Waals surface area contributed by atoms with Crippen molar-refractivity contribution < 1.29 is 14.8 Å². The van der Waals surface area contributed by atoms with E-state index in [-0.39, 0.29) is 16.8 Å². The van der Waals surface area contributed by atoms with Gasteiger partial charge in [0.05, 0.1) is 10.5 Å². The summed E-state index contributed by atoms with van der Waals surface area (Å²) in [6, 6.07) is 3.87. The van der Waals surface area contributed by atoms with Crippen LogP contribution < -0.4 is 0 Å². The van der Waals surface area contributed by atoms with Gasteiger partial charge >= 0.3 is 5.97 Å². The molecule has 0 saturated heterocycles. The Morgan fingerprint density at radius 2 is 2.24 bits per heavy atom. The molecule has 0 atom stereocenters. The summed E-state index contributed by atoms with van der Waals surface area (Å²) in [6.07, 6.45) is 0.491. The third-order valence-electron chi connectivity index (χ3n) is 1.90. The van der Waals surface area contributed by atoms with Crippen LogP contribution in [0.15, 0.2) is 18.2 Å². The number of nitro benzene ring substituents is 1. The summed E-state index contributed by atoms with van der Waals surface area (Å²) in [5, 5.41) is 20.3. The molecule has 6 heteroatoms. The number of rotatable bonds is 3. The number of hydrogen-bond acceptors (Lipinski definition) is 3. The Bertz CT molecular complexity index is 484. The highest BCUT2D eigenvalue weighted by atomic mass is 79.9. The number of alkyl halides is 1. The lowest BCUT2D eigenvalue weighted by molar-refractivity contribution is -0.385. The van der Waals surface area contributed by atoms with Crippen molar-refractivity contribution in [1.82, 2.24) is 0 Å². The number of halogens is 1. The molecule has 0 saturated carbocycles. The first-order valence-electron chi connectivity index (χ1n) is 4.63. The molecule has 88 valence electrons. The Kier molecular flexibility index (Phi) is 4.67. The summed E-state index contributed by atoms with van der Waals surface area (Å²) < 4.78 is 0. The zero-order valence-corrected chi connectivity index (χ0v) is 10.2. The Morgan fingerprint density at radius 1 is 1.53 bits per heavy atom. The van der Waals surface area contributed by atoms with E-state index in [1.54, 1.807) is 0 Å². The van der Waals surface area contributed by atoms with Crippen LogP contribution in [0.25, 0.3) is 0 Å². The van der Waals surface area contributed by atoms with Gasteiger partial charge in [-0.05, 0) is 6.07 Å². The van der Waals surface area contributed by atoms with Crippen molar-refractivity contribution in [2.75, 3.05) is 5.33 Å². The van der Waals surface area contributed by atoms with Crippen LogP contribution in [0.5, 0.6) is 0 Å². The van der Waals surface area contributed by atoms with Crippen LogP contribution in [0.4, 0.5) is 5.69 Å². The minimum atomic E-state index is -1.23. The molecular formula is C11H8BrNO4. The first-order valence-corrected chi connectivity index (χ1v) is 5.75. The second-order valence-corrected chi connectivity index (χ2v) is 3.80. The topological polar surface area (TPSA) is 80.4 Å². The van der Waals surface area contributed by atoms with E-state index in [2.05, 4.69) is 27.8 Å². The van der Waals surface area contributed by atoms with Crippen LogP contribution in [-0.2, 0) is 0 Å². The van der Waals surface area contributed by atoms with E-state index >= 15 is 0 Å². The third-order valence-corrected chi connectivity index (χ3v) is 2.30. The van der Waals surface area contributed by atoms with Crippen molar-refractivity contribution in [3.63, 3.8) is 0 Å². The quantitative estimate of drug-likeness (QED) is 0.402. The lowest BCUT2D eigenvalue weighted by Gasteiger charge is -1.99. The van der Waals surface area contributed by atoms with Gasteiger partial charge in [-0.2, -0.15) is 0 Å². The van der Waals surface area contributed by atoms with Gasteiger partial charge in [-0.3, -0.25) is 10.1 Å². The summed E-state index contributed by atoms with van der Waals surface area (Å²) in [4.78, 5) is 21.1. The average Bonchev–Trinajstić information content (AvgIpc) is 2.28. The number of aromatic carboxylic acids is 1. The fourth-order valence-corrected chi connectivity index (χ4v) is 1.40. The molecule has 0 heterocycles.